The molecule has 0 fully saturated rings. The lowest BCUT2D eigenvalue weighted by molar-refractivity contribution is 0.418. The number of ether oxygens (including phenoxy) is 1. The van der Waals surface area contributed by atoms with Crippen LogP contribution in [0.15, 0.2) is 30.6 Å². The van der Waals surface area contributed by atoms with Crippen molar-refractivity contribution in [1.82, 2.24) is 15.3 Å². The van der Waals surface area contributed by atoms with E-state index in [1.165, 1.54) is 6.20 Å². The third-order valence-corrected chi connectivity index (χ3v) is 2.33. The van der Waals surface area contributed by atoms with Gasteiger partial charge in [-0.15, -0.1) is 0 Å². The molecule has 0 amide bonds. The smallest absolute Gasteiger partial charge is 0.238 e. The summed E-state index contributed by atoms with van der Waals surface area (Å²) >= 11 is 0. The van der Waals surface area contributed by atoms with Crippen LogP contribution in [0, 0.1) is 11.6 Å². The van der Waals surface area contributed by atoms with E-state index in [0.29, 0.717) is 12.2 Å². The zero-order valence-electron chi connectivity index (χ0n) is 10.4. The highest BCUT2D eigenvalue weighted by Gasteiger charge is 2.08. The number of benzene rings is 1. The lowest BCUT2D eigenvalue weighted by Crippen LogP contribution is -2.13. The fourth-order valence-electron chi connectivity index (χ4n) is 1.44. The van der Waals surface area contributed by atoms with Crippen molar-refractivity contribution in [3.05, 3.63) is 47.9 Å². The Morgan fingerprint density at radius 3 is 2.89 bits per heavy atom. The van der Waals surface area contributed by atoms with Crippen molar-refractivity contribution in [2.75, 3.05) is 6.54 Å². The molecule has 1 N–H and O–H groups in total. The van der Waals surface area contributed by atoms with Gasteiger partial charge < -0.3 is 10.1 Å². The summed E-state index contributed by atoms with van der Waals surface area (Å²) in [6.07, 6.45) is 2.93. The highest BCUT2D eigenvalue weighted by Crippen LogP contribution is 2.23. The van der Waals surface area contributed by atoms with Crippen molar-refractivity contribution in [3.63, 3.8) is 0 Å². The molecule has 0 atom stereocenters. The summed E-state index contributed by atoms with van der Waals surface area (Å²) in [7, 11) is 0. The van der Waals surface area contributed by atoms with Gasteiger partial charge >= 0.3 is 0 Å². The van der Waals surface area contributed by atoms with Gasteiger partial charge in [-0.25, -0.2) is 13.8 Å². The number of hydrogen-bond acceptors (Lipinski definition) is 4. The molecule has 0 spiro atoms. The minimum absolute atomic E-state index is 0.125. The first-order valence-corrected chi connectivity index (χ1v) is 5.83. The summed E-state index contributed by atoms with van der Waals surface area (Å²) in [5, 5.41) is 3.08. The quantitative estimate of drug-likeness (QED) is 0.902. The van der Waals surface area contributed by atoms with E-state index in [9.17, 15) is 8.78 Å². The van der Waals surface area contributed by atoms with Gasteiger partial charge in [-0.2, -0.15) is 0 Å². The van der Waals surface area contributed by atoms with E-state index in [1.54, 1.807) is 6.20 Å². The number of halogens is 2. The average molecular weight is 265 g/mol. The van der Waals surface area contributed by atoms with Crippen molar-refractivity contribution < 1.29 is 13.5 Å². The molecule has 2 aromatic rings. The zero-order valence-corrected chi connectivity index (χ0v) is 10.4. The van der Waals surface area contributed by atoms with Crippen LogP contribution >= 0.6 is 0 Å². The van der Waals surface area contributed by atoms with E-state index >= 15 is 0 Å². The highest BCUT2D eigenvalue weighted by molar-refractivity contribution is 5.28. The van der Waals surface area contributed by atoms with Crippen LogP contribution in [0.2, 0.25) is 0 Å². The maximum atomic E-state index is 13.4. The Labute approximate surface area is 109 Å². The van der Waals surface area contributed by atoms with Crippen LogP contribution in [0.4, 0.5) is 8.78 Å². The zero-order chi connectivity index (χ0) is 13.7. The summed E-state index contributed by atoms with van der Waals surface area (Å²) in [5.41, 5.74) is 0.663. The van der Waals surface area contributed by atoms with E-state index in [1.807, 2.05) is 6.92 Å². The molecule has 0 bridgehead atoms. The van der Waals surface area contributed by atoms with Crippen molar-refractivity contribution in [2.45, 2.75) is 13.5 Å². The Bertz CT molecular complexity index is 563. The van der Waals surface area contributed by atoms with Gasteiger partial charge in [0.25, 0.3) is 0 Å². The molecule has 4 nitrogen and oxygen atoms in total. The number of rotatable bonds is 5. The lowest BCUT2D eigenvalue weighted by atomic mass is 10.3. The van der Waals surface area contributed by atoms with Crippen molar-refractivity contribution in [2.24, 2.45) is 0 Å². The average Bonchev–Trinajstić information content (AvgIpc) is 2.41. The molecule has 0 unspecified atom stereocenters. The second-order valence-corrected chi connectivity index (χ2v) is 3.81. The van der Waals surface area contributed by atoms with Crippen molar-refractivity contribution in [1.29, 1.82) is 0 Å². The lowest BCUT2D eigenvalue weighted by Gasteiger charge is -2.07. The Balaban J connectivity index is 2.16. The molecule has 2 rings (SSSR count). The summed E-state index contributed by atoms with van der Waals surface area (Å²) in [4.78, 5) is 8.08. The SMILES string of the molecule is CCNCc1cncc(Oc2cc(F)ccc2F)n1. The van der Waals surface area contributed by atoms with E-state index in [2.05, 4.69) is 15.3 Å². The van der Waals surface area contributed by atoms with Gasteiger partial charge in [0.15, 0.2) is 11.6 Å². The standard InChI is InChI=1S/C13H13F2N3O/c1-2-16-6-10-7-17-8-13(18-10)19-12-5-9(14)3-4-11(12)15/h3-5,7-8,16H,2,6H2,1H3. The first-order valence-electron chi connectivity index (χ1n) is 5.83. The van der Waals surface area contributed by atoms with Gasteiger partial charge in [0.2, 0.25) is 5.88 Å². The molecular weight excluding hydrogens is 252 g/mol. The Hall–Kier alpha value is -2.08. The van der Waals surface area contributed by atoms with E-state index in [0.717, 1.165) is 24.7 Å². The number of aromatic nitrogens is 2. The van der Waals surface area contributed by atoms with E-state index in [-0.39, 0.29) is 11.6 Å². The summed E-state index contributed by atoms with van der Waals surface area (Å²) in [5.74, 6) is -1.32. The van der Waals surface area contributed by atoms with Gasteiger partial charge in [-0.1, -0.05) is 6.92 Å². The van der Waals surface area contributed by atoms with Gasteiger partial charge in [-0.05, 0) is 18.7 Å². The third-order valence-electron chi connectivity index (χ3n) is 2.33. The molecule has 6 heteroatoms. The summed E-state index contributed by atoms with van der Waals surface area (Å²) in [6, 6.07) is 2.99. The predicted octanol–water partition coefficient (Wildman–Crippen LogP) is 2.66. The highest BCUT2D eigenvalue weighted by atomic mass is 19.1. The van der Waals surface area contributed by atoms with Crippen molar-refractivity contribution in [3.8, 4) is 11.6 Å². The molecule has 0 aliphatic heterocycles. The largest absolute Gasteiger partial charge is 0.434 e. The summed E-state index contributed by atoms with van der Waals surface area (Å²) in [6.45, 7) is 3.30. The molecule has 0 aliphatic carbocycles. The predicted molar refractivity (Wildman–Crippen MR) is 65.8 cm³/mol. The van der Waals surface area contributed by atoms with Gasteiger partial charge in [0, 0.05) is 18.8 Å². The summed E-state index contributed by atoms with van der Waals surface area (Å²) < 4.78 is 31.6. The topological polar surface area (TPSA) is 47.0 Å². The molecule has 0 aliphatic rings. The molecular formula is C13H13F2N3O. The molecule has 100 valence electrons. The minimum Gasteiger partial charge on any atom is -0.434 e. The number of nitrogens with zero attached hydrogens (tertiary/aromatic N) is 2. The molecule has 0 radical (unpaired) electrons. The first kappa shape index (κ1) is 13.4. The van der Waals surface area contributed by atoms with Crippen LogP contribution in [-0.4, -0.2) is 16.5 Å². The maximum absolute atomic E-state index is 13.4. The van der Waals surface area contributed by atoms with Crippen LogP contribution in [0.3, 0.4) is 0 Å². The Kier molecular flexibility index (Phi) is 4.35. The number of nitrogens with one attached hydrogen (secondary N) is 1. The Morgan fingerprint density at radius 1 is 1.26 bits per heavy atom. The first-order chi connectivity index (χ1) is 9.19. The molecule has 0 saturated carbocycles. The molecule has 1 aromatic carbocycles. The fraction of sp³-hybridized carbons (Fsp3) is 0.231. The fourth-order valence-corrected chi connectivity index (χ4v) is 1.44. The Morgan fingerprint density at radius 2 is 2.11 bits per heavy atom. The van der Waals surface area contributed by atoms with Crippen molar-refractivity contribution >= 4 is 0 Å². The second kappa shape index (κ2) is 6.19. The third kappa shape index (κ3) is 3.69. The van der Waals surface area contributed by atoms with Gasteiger partial charge in [-0.3, -0.25) is 4.98 Å². The van der Waals surface area contributed by atoms with Crippen LogP contribution in [0.1, 0.15) is 12.6 Å². The molecule has 19 heavy (non-hydrogen) atoms. The van der Waals surface area contributed by atoms with Gasteiger partial charge in [0.05, 0.1) is 11.9 Å². The van der Waals surface area contributed by atoms with Crippen LogP contribution in [0.25, 0.3) is 0 Å². The molecule has 0 saturated heterocycles. The van der Waals surface area contributed by atoms with Crippen LogP contribution < -0.4 is 10.1 Å². The molecule has 1 aromatic heterocycles. The van der Waals surface area contributed by atoms with Crippen LogP contribution in [-0.2, 0) is 6.54 Å². The molecule has 1 heterocycles. The minimum atomic E-state index is -0.653. The van der Waals surface area contributed by atoms with Gasteiger partial charge in [0.1, 0.15) is 5.82 Å². The van der Waals surface area contributed by atoms with E-state index in [4.69, 9.17) is 4.74 Å². The number of hydrogen-bond donors (Lipinski definition) is 1. The maximum Gasteiger partial charge on any atom is 0.238 e. The second-order valence-electron chi connectivity index (χ2n) is 3.81. The van der Waals surface area contributed by atoms with E-state index < -0.39 is 11.6 Å². The normalized spacial score (nSPS) is 10.5. The van der Waals surface area contributed by atoms with Crippen LogP contribution in [0.5, 0.6) is 11.6 Å². The monoisotopic (exact) mass is 265 g/mol.